The van der Waals surface area contributed by atoms with Crippen LogP contribution in [0.5, 0.6) is 5.75 Å². The normalized spacial score (nSPS) is 10.8. The number of fused-ring (bicyclic) bond motifs is 1. The largest absolute Gasteiger partial charge is 0.491 e. The number of benzene rings is 1. The fourth-order valence-corrected chi connectivity index (χ4v) is 2.40. The van der Waals surface area contributed by atoms with Gasteiger partial charge in [0.15, 0.2) is 11.2 Å². The Morgan fingerprint density at radius 3 is 2.90 bits per heavy atom. The summed E-state index contributed by atoms with van der Waals surface area (Å²) in [7, 11) is 0. The Balaban J connectivity index is 2.42. The number of nitrogens with one attached hydrogen (secondary N) is 1. The van der Waals surface area contributed by atoms with Crippen molar-refractivity contribution in [3.05, 3.63) is 40.2 Å². The summed E-state index contributed by atoms with van der Waals surface area (Å²) < 4.78 is 5.69. The number of thioether (sulfide) groups is 1. The Morgan fingerprint density at radius 2 is 2.19 bits per heavy atom. The third-order valence-electron chi connectivity index (χ3n) is 3.20. The molecule has 1 aromatic heterocycles. The van der Waals surface area contributed by atoms with Crippen LogP contribution >= 0.6 is 11.8 Å². The summed E-state index contributed by atoms with van der Waals surface area (Å²) in [6.45, 7) is 2.50. The Morgan fingerprint density at radius 1 is 1.38 bits per heavy atom. The van der Waals surface area contributed by atoms with E-state index in [1.54, 1.807) is 23.9 Å². The van der Waals surface area contributed by atoms with Gasteiger partial charge in [0.25, 0.3) is 0 Å². The number of aromatic nitrogens is 1. The maximum atomic E-state index is 12.4. The molecule has 2 rings (SSSR count). The summed E-state index contributed by atoms with van der Waals surface area (Å²) in [4.78, 5) is 27.4. The number of carbonyl (C=O) groups is 1. The van der Waals surface area contributed by atoms with E-state index < -0.39 is 0 Å². The van der Waals surface area contributed by atoms with Gasteiger partial charge in [0, 0.05) is 18.4 Å². The van der Waals surface area contributed by atoms with E-state index in [1.807, 2.05) is 19.2 Å². The summed E-state index contributed by atoms with van der Waals surface area (Å²) in [5.74, 6) is 1.41. The van der Waals surface area contributed by atoms with E-state index >= 15 is 0 Å². The fourth-order valence-electron chi connectivity index (χ4n) is 2.15. The summed E-state index contributed by atoms with van der Waals surface area (Å²) in [5, 5.41) is 0.499. The van der Waals surface area contributed by atoms with E-state index in [2.05, 4.69) is 4.98 Å². The quantitative estimate of drug-likeness (QED) is 0.630. The first kappa shape index (κ1) is 15.6. The zero-order chi connectivity index (χ0) is 15.2. The summed E-state index contributed by atoms with van der Waals surface area (Å²) in [5.41, 5.74) is 0.653. The first-order chi connectivity index (χ1) is 10.2. The van der Waals surface area contributed by atoms with Gasteiger partial charge in [-0.25, -0.2) is 0 Å². The van der Waals surface area contributed by atoms with Gasteiger partial charge in [0.05, 0.1) is 23.1 Å². The lowest BCUT2D eigenvalue weighted by Crippen LogP contribution is -2.16. The standard InChI is InChI=1S/C16H19NO3S/c1-3-5-13(18)12-10-17-15-11(16(12)19)6-4-7-14(15)20-8-9-21-2/h4,6-7,10H,3,5,8-9H2,1-2H3,(H,17,19). The molecule has 0 amide bonds. The van der Waals surface area contributed by atoms with Crippen LogP contribution < -0.4 is 10.2 Å². The molecule has 0 aliphatic heterocycles. The number of para-hydroxylation sites is 1. The number of Topliss-reactive ketones (excluding diaryl/α,β-unsaturated/α-hetero) is 1. The van der Waals surface area contributed by atoms with E-state index in [1.165, 1.54) is 6.20 Å². The lowest BCUT2D eigenvalue weighted by molar-refractivity contribution is 0.0980. The molecule has 0 saturated heterocycles. The Kier molecular flexibility index (Phi) is 5.44. The lowest BCUT2D eigenvalue weighted by Gasteiger charge is -2.09. The number of aromatic amines is 1. The van der Waals surface area contributed by atoms with Crippen molar-refractivity contribution < 1.29 is 9.53 Å². The molecule has 1 aromatic carbocycles. The van der Waals surface area contributed by atoms with Gasteiger partial charge < -0.3 is 9.72 Å². The first-order valence-corrected chi connectivity index (χ1v) is 8.37. The number of ether oxygens (including phenoxy) is 1. The Labute approximate surface area is 127 Å². The minimum absolute atomic E-state index is 0.116. The molecular weight excluding hydrogens is 286 g/mol. The Hall–Kier alpha value is -1.75. The zero-order valence-corrected chi connectivity index (χ0v) is 13.1. The summed E-state index contributed by atoms with van der Waals surface area (Å²) in [6.07, 6.45) is 4.64. The van der Waals surface area contributed by atoms with Gasteiger partial charge in [-0.05, 0) is 24.8 Å². The molecule has 0 radical (unpaired) electrons. The zero-order valence-electron chi connectivity index (χ0n) is 12.3. The van der Waals surface area contributed by atoms with Crippen molar-refractivity contribution in [2.75, 3.05) is 18.6 Å². The van der Waals surface area contributed by atoms with E-state index in [-0.39, 0.29) is 16.8 Å². The number of pyridine rings is 1. The molecule has 0 aliphatic carbocycles. The molecule has 4 nitrogen and oxygen atoms in total. The predicted molar refractivity (Wildman–Crippen MR) is 87.7 cm³/mol. The van der Waals surface area contributed by atoms with Gasteiger partial charge in [-0.2, -0.15) is 11.8 Å². The molecule has 0 fully saturated rings. The third-order valence-corrected chi connectivity index (χ3v) is 3.77. The SMILES string of the molecule is CCCC(=O)c1c[nH]c2c(OCCSC)cccc2c1=O. The molecule has 0 aliphatic rings. The van der Waals surface area contributed by atoms with Gasteiger partial charge in [-0.15, -0.1) is 0 Å². The molecule has 21 heavy (non-hydrogen) atoms. The average molecular weight is 305 g/mol. The van der Waals surface area contributed by atoms with Gasteiger partial charge in [0.2, 0.25) is 0 Å². The molecule has 5 heteroatoms. The predicted octanol–water partition coefficient (Wildman–Crippen LogP) is 3.25. The lowest BCUT2D eigenvalue weighted by atomic mass is 10.1. The molecule has 0 saturated carbocycles. The van der Waals surface area contributed by atoms with Crippen molar-refractivity contribution in [1.82, 2.24) is 4.98 Å². The smallest absolute Gasteiger partial charge is 0.200 e. The first-order valence-electron chi connectivity index (χ1n) is 6.98. The number of ketones is 1. The number of rotatable bonds is 7. The molecule has 1 N–H and O–H groups in total. The van der Waals surface area contributed by atoms with Crippen molar-refractivity contribution in [3.8, 4) is 5.75 Å². The third kappa shape index (κ3) is 3.47. The summed E-state index contributed by atoms with van der Waals surface area (Å²) >= 11 is 1.70. The van der Waals surface area contributed by atoms with Crippen molar-refractivity contribution in [1.29, 1.82) is 0 Å². The van der Waals surface area contributed by atoms with Gasteiger partial charge in [-0.3, -0.25) is 9.59 Å². The number of hydrogen-bond donors (Lipinski definition) is 1. The number of H-pyrrole nitrogens is 1. The van der Waals surface area contributed by atoms with E-state index in [4.69, 9.17) is 4.74 Å². The van der Waals surface area contributed by atoms with Crippen molar-refractivity contribution in [2.24, 2.45) is 0 Å². The van der Waals surface area contributed by atoms with E-state index in [0.717, 1.165) is 12.2 Å². The monoisotopic (exact) mass is 305 g/mol. The molecule has 0 unspecified atom stereocenters. The van der Waals surface area contributed by atoms with Crippen LogP contribution in [-0.2, 0) is 0 Å². The molecule has 0 atom stereocenters. The van der Waals surface area contributed by atoms with Crippen LogP contribution in [0.1, 0.15) is 30.1 Å². The fraction of sp³-hybridized carbons (Fsp3) is 0.375. The number of hydrogen-bond acceptors (Lipinski definition) is 4. The second kappa shape index (κ2) is 7.31. The maximum absolute atomic E-state index is 12.4. The number of carbonyl (C=O) groups excluding carboxylic acids is 1. The van der Waals surface area contributed by atoms with Gasteiger partial charge in [0.1, 0.15) is 5.75 Å². The minimum atomic E-state index is -0.225. The van der Waals surface area contributed by atoms with Crippen LogP contribution in [0.15, 0.2) is 29.2 Å². The minimum Gasteiger partial charge on any atom is -0.491 e. The molecule has 2 aromatic rings. The second-order valence-electron chi connectivity index (χ2n) is 4.72. The average Bonchev–Trinajstić information content (AvgIpc) is 2.48. The van der Waals surface area contributed by atoms with Crippen LogP contribution in [-0.4, -0.2) is 29.4 Å². The highest BCUT2D eigenvalue weighted by Gasteiger charge is 2.13. The van der Waals surface area contributed by atoms with Crippen LogP contribution in [0.2, 0.25) is 0 Å². The molecule has 0 bridgehead atoms. The van der Waals surface area contributed by atoms with Crippen LogP contribution in [0, 0.1) is 0 Å². The molecular formula is C16H19NO3S. The highest BCUT2D eigenvalue weighted by atomic mass is 32.2. The van der Waals surface area contributed by atoms with Gasteiger partial charge in [-0.1, -0.05) is 13.0 Å². The topological polar surface area (TPSA) is 59.2 Å². The van der Waals surface area contributed by atoms with Crippen molar-refractivity contribution in [3.63, 3.8) is 0 Å². The van der Waals surface area contributed by atoms with Gasteiger partial charge >= 0.3 is 0 Å². The highest BCUT2D eigenvalue weighted by molar-refractivity contribution is 7.98. The van der Waals surface area contributed by atoms with Crippen molar-refractivity contribution in [2.45, 2.75) is 19.8 Å². The summed E-state index contributed by atoms with van der Waals surface area (Å²) in [6, 6.07) is 5.32. The highest BCUT2D eigenvalue weighted by Crippen LogP contribution is 2.22. The van der Waals surface area contributed by atoms with E-state index in [0.29, 0.717) is 29.7 Å². The van der Waals surface area contributed by atoms with E-state index in [9.17, 15) is 9.59 Å². The second-order valence-corrected chi connectivity index (χ2v) is 5.71. The molecule has 0 spiro atoms. The van der Waals surface area contributed by atoms with Crippen LogP contribution in [0.3, 0.4) is 0 Å². The van der Waals surface area contributed by atoms with Crippen LogP contribution in [0.4, 0.5) is 0 Å². The van der Waals surface area contributed by atoms with Crippen molar-refractivity contribution >= 4 is 28.4 Å². The molecule has 112 valence electrons. The molecule has 1 heterocycles. The maximum Gasteiger partial charge on any atom is 0.200 e. The van der Waals surface area contributed by atoms with Crippen LogP contribution in [0.25, 0.3) is 10.9 Å². The Bertz CT molecular complexity index is 693.